The Balaban J connectivity index is 1.49. The Morgan fingerprint density at radius 2 is 1.89 bits per heavy atom. The minimum Gasteiger partial charge on any atom is -0.493 e. The summed E-state index contributed by atoms with van der Waals surface area (Å²) in [6.45, 7) is 2.33. The Kier molecular flexibility index (Phi) is 5.23. The lowest BCUT2D eigenvalue weighted by molar-refractivity contribution is 0.353. The Labute approximate surface area is 164 Å². The van der Waals surface area contributed by atoms with E-state index in [1.165, 1.54) is 11.1 Å². The Hall–Kier alpha value is -3.35. The van der Waals surface area contributed by atoms with Crippen LogP contribution in [-0.4, -0.2) is 35.7 Å². The van der Waals surface area contributed by atoms with Crippen molar-refractivity contribution in [3.63, 3.8) is 0 Å². The van der Waals surface area contributed by atoms with E-state index < -0.39 is 0 Å². The van der Waals surface area contributed by atoms with Gasteiger partial charge in [-0.05, 0) is 41.3 Å². The Morgan fingerprint density at radius 3 is 2.64 bits per heavy atom. The maximum atomic E-state index is 5.45. The predicted octanol–water partition coefficient (Wildman–Crippen LogP) is 3.06. The van der Waals surface area contributed by atoms with Gasteiger partial charge in [0, 0.05) is 38.1 Å². The molecule has 0 saturated carbocycles. The number of rotatable bonds is 6. The predicted molar refractivity (Wildman–Crippen MR) is 108 cm³/mol. The first-order chi connectivity index (χ1) is 13.8. The summed E-state index contributed by atoms with van der Waals surface area (Å²) >= 11 is 0. The molecule has 28 heavy (non-hydrogen) atoms. The summed E-state index contributed by atoms with van der Waals surface area (Å²) in [4.78, 5) is 15.2. The lowest BCUT2D eigenvalue weighted by Gasteiger charge is -2.30. The highest BCUT2D eigenvalue weighted by Gasteiger charge is 2.20. The number of hydrogen-bond donors (Lipinski definition) is 1. The molecule has 0 radical (unpaired) electrons. The first-order valence-corrected chi connectivity index (χ1v) is 9.20. The van der Waals surface area contributed by atoms with Crippen LogP contribution >= 0.6 is 0 Å². The summed E-state index contributed by atoms with van der Waals surface area (Å²) in [7, 11) is 3.33. The molecule has 0 unspecified atom stereocenters. The van der Waals surface area contributed by atoms with Crippen molar-refractivity contribution in [1.29, 1.82) is 0 Å². The summed E-state index contributed by atoms with van der Waals surface area (Å²) in [5.41, 5.74) is 3.63. The molecule has 0 amide bonds. The molecule has 2 aromatic heterocycles. The van der Waals surface area contributed by atoms with Gasteiger partial charge in [-0.25, -0.2) is 9.97 Å². The molecule has 7 nitrogen and oxygen atoms in total. The molecule has 1 aromatic carbocycles. The number of hydrogen-bond acceptors (Lipinski definition) is 7. The maximum Gasteiger partial charge on any atom is 0.161 e. The second kappa shape index (κ2) is 8.12. The van der Waals surface area contributed by atoms with E-state index in [0.717, 1.165) is 48.2 Å². The molecular formula is C21H23N5O2. The number of aromatic nitrogens is 3. The molecule has 0 atom stereocenters. The highest BCUT2D eigenvalue weighted by molar-refractivity contribution is 5.54. The molecule has 1 N–H and O–H groups in total. The number of anilines is 2. The van der Waals surface area contributed by atoms with Crippen molar-refractivity contribution in [2.45, 2.75) is 19.5 Å². The van der Waals surface area contributed by atoms with Gasteiger partial charge in [-0.15, -0.1) is 0 Å². The number of benzene rings is 1. The largest absolute Gasteiger partial charge is 0.493 e. The summed E-state index contributed by atoms with van der Waals surface area (Å²) in [6.07, 6.45) is 6.15. The third kappa shape index (κ3) is 3.83. The molecule has 0 saturated heterocycles. The summed E-state index contributed by atoms with van der Waals surface area (Å²) in [5, 5.41) is 3.34. The monoisotopic (exact) mass is 377 g/mol. The van der Waals surface area contributed by atoms with Gasteiger partial charge in [-0.3, -0.25) is 4.98 Å². The van der Waals surface area contributed by atoms with Crippen LogP contribution in [0.5, 0.6) is 11.5 Å². The summed E-state index contributed by atoms with van der Waals surface area (Å²) < 4.78 is 10.9. The van der Waals surface area contributed by atoms with Crippen molar-refractivity contribution in [3.8, 4) is 11.5 Å². The van der Waals surface area contributed by atoms with Crippen LogP contribution in [0, 0.1) is 0 Å². The van der Waals surface area contributed by atoms with Crippen molar-refractivity contribution >= 4 is 11.6 Å². The van der Waals surface area contributed by atoms with Crippen LogP contribution in [0.3, 0.4) is 0 Å². The van der Waals surface area contributed by atoms with E-state index in [4.69, 9.17) is 9.47 Å². The molecule has 3 aromatic rings. The summed E-state index contributed by atoms with van der Waals surface area (Å²) in [6, 6.07) is 10.1. The molecular weight excluding hydrogens is 354 g/mol. The molecule has 1 aliphatic heterocycles. The first-order valence-electron chi connectivity index (χ1n) is 9.20. The van der Waals surface area contributed by atoms with E-state index in [-0.39, 0.29) is 0 Å². The van der Waals surface area contributed by atoms with Gasteiger partial charge < -0.3 is 19.7 Å². The molecule has 1 aliphatic rings. The van der Waals surface area contributed by atoms with Crippen LogP contribution in [-0.2, 0) is 19.5 Å². The fourth-order valence-corrected chi connectivity index (χ4v) is 3.39. The number of nitrogens with one attached hydrogen (secondary N) is 1. The van der Waals surface area contributed by atoms with E-state index in [0.29, 0.717) is 6.54 Å². The average Bonchev–Trinajstić information content (AvgIpc) is 2.77. The van der Waals surface area contributed by atoms with E-state index in [1.54, 1.807) is 26.7 Å². The summed E-state index contributed by atoms with van der Waals surface area (Å²) in [5.74, 6) is 3.24. The van der Waals surface area contributed by atoms with Gasteiger partial charge in [-0.2, -0.15) is 0 Å². The second-order valence-corrected chi connectivity index (χ2v) is 6.62. The van der Waals surface area contributed by atoms with Crippen LogP contribution in [0.4, 0.5) is 11.6 Å². The highest BCUT2D eigenvalue weighted by atomic mass is 16.5. The van der Waals surface area contributed by atoms with Crippen molar-refractivity contribution in [2.24, 2.45) is 0 Å². The standard InChI is InChI=1S/C21H23N5O2/c1-27-18-8-16-5-7-26(13-17(16)9-19(18)28-2)21-10-20(24-14-25-21)23-12-15-4-3-6-22-11-15/h3-4,6,8-11,14H,5,7,12-13H2,1-2H3,(H,23,24,25). The van der Waals surface area contributed by atoms with Gasteiger partial charge in [-0.1, -0.05) is 6.07 Å². The second-order valence-electron chi connectivity index (χ2n) is 6.62. The van der Waals surface area contributed by atoms with E-state index in [1.807, 2.05) is 24.4 Å². The zero-order valence-electron chi connectivity index (χ0n) is 16.1. The van der Waals surface area contributed by atoms with Gasteiger partial charge in [0.05, 0.1) is 14.2 Å². The molecule has 144 valence electrons. The van der Waals surface area contributed by atoms with Gasteiger partial charge in [0.25, 0.3) is 0 Å². The number of pyridine rings is 1. The van der Waals surface area contributed by atoms with Crippen molar-refractivity contribution in [2.75, 3.05) is 31.0 Å². The lowest BCUT2D eigenvalue weighted by Crippen LogP contribution is -2.31. The fourth-order valence-electron chi connectivity index (χ4n) is 3.39. The zero-order valence-corrected chi connectivity index (χ0v) is 16.1. The van der Waals surface area contributed by atoms with E-state index >= 15 is 0 Å². The van der Waals surface area contributed by atoms with Crippen molar-refractivity contribution in [1.82, 2.24) is 15.0 Å². The van der Waals surface area contributed by atoms with Crippen LogP contribution < -0.4 is 19.7 Å². The van der Waals surface area contributed by atoms with Crippen molar-refractivity contribution in [3.05, 3.63) is 65.7 Å². The lowest BCUT2D eigenvalue weighted by atomic mass is 9.99. The SMILES string of the molecule is COc1cc2c(cc1OC)CN(c1cc(NCc3cccnc3)ncn1)CC2. The quantitative estimate of drug-likeness (QED) is 0.708. The molecule has 7 heteroatoms. The third-order valence-corrected chi connectivity index (χ3v) is 4.89. The van der Waals surface area contributed by atoms with Crippen molar-refractivity contribution < 1.29 is 9.47 Å². The molecule has 0 bridgehead atoms. The highest BCUT2D eigenvalue weighted by Crippen LogP contribution is 2.34. The molecule has 0 spiro atoms. The number of fused-ring (bicyclic) bond motifs is 1. The van der Waals surface area contributed by atoms with Crippen LogP contribution in [0.1, 0.15) is 16.7 Å². The molecule has 3 heterocycles. The number of ether oxygens (including phenoxy) is 2. The topological polar surface area (TPSA) is 72.4 Å². The normalized spacial score (nSPS) is 13.0. The smallest absolute Gasteiger partial charge is 0.161 e. The average molecular weight is 377 g/mol. The van der Waals surface area contributed by atoms with Gasteiger partial charge in [0.2, 0.25) is 0 Å². The van der Waals surface area contributed by atoms with Gasteiger partial charge in [0.1, 0.15) is 18.0 Å². The third-order valence-electron chi connectivity index (χ3n) is 4.89. The zero-order chi connectivity index (χ0) is 19.3. The number of methoxy groups -OCH3 is 2. The van der Waals surface area contributed by atoms with Gasteiger partial charge >= 0.3 is 0 Å². The maximum absolute atomic E-state index is 5.45. The minimum atomic E-state index is 0.671. The number of nitrogens with zero attached hydrogens (tertiary/aromatic N) is 4. The first kappa shape index (κ1) is 18.0. The van der Waals surface area contributed by atoms with E-state index in [2.05, 4.69) is 37.3 Å². The molecule has 0 aliphatic carbocycles. The van der Waals surface area contributed by atoms with E-state index in [9.17, 15) is 0 Å². The Morgan fingerprint density at radius 1 is 1.07 bits per heavy atom. The fraction of sp³-hybridized carbons (Fsp3) is 0.286. The Bertz CT molecular complexity index is 949. The van der Waals surface area contributed by atoms with Gasteiger partial charge in [0.15, 0.2) is 11.5 Å². The molecule has 4 rings (SSSR count). The minimum absolute atomic E-state index is 0.671. The molecule has 0 fully saturated rings. The van der Waals surface area contributed by atoms with Crippen LogP contribution in [0.15, 0.2) is 49.1 Å². The van der Waals surface area contributed by atoms with Crippen LogP contribution in [0.2, 0.25) is 0 Å². The van der Waals surface area contributed by atoms with Crippen LogP contribution in [0.25, 0.3) is 0 Å².